The third-order valence-corrected chi connectivity index (χ3v) is 3.64. The molecule has 3 heterocycles. The van der Waals surface area contributed by atoms with Gasteiger partial charge in [-0.2, -0.15) is 4.98 Å². The third-order valence-electron chi connectivity index (χ3n) is 3.64. The van der Waals surface area contributed by atoms with Gasteiger partial charge in [-0.15, -0.1) is 0 Å². The Labute approximate surface area is 121 Å². The molecule has 1 atom stereocenters. The average molecular weight is 290 g/mol. The van der Waals surface area contributed by atoms with Crippen LogP contribution in [0.15, 0.2) is 29.4 Å². The van der Waals surface area contributed by atoms with Crippen LogP contribution in [-0.4, -0.2) is 32.5 Å². The first-order chi connectivity index (χ1) is 10.3. The van der Waals surface area contributed by atoms with Crippen LogP contribution in [0.1, 0.15) is 47.9 Å². The van der Waals surface area contributed by atoms with Crippen LogP contribution < -0.4 is 0 Å². The van der Waals surface area contributed by atoms with Crippen molar-refractivity contribution in [3.05, 3.63) is 42.1 Å². The predicted molar refractivity (Wildman–Crippen MR) is 70.7 cm³/mol. The number of hydrogen-bond donors (Lipinski definition) is 0. The Morgan fingerprint density at radius 1 is 1.33 bits per heavy atom. The molecule has 110 valence electrons. The van der Waals surface area contributed by atoms with E-state index in [0.29, 0.717) is 12.4 Å². The van der Waals surface area contributed by atoms with Crippen molar-refractivity contribution in [2.24, 2.45) is 0 Å². The Morgan fingerprint density at radius 3 is 3.00 bits per heavy atom. The molecular formula is C14H15FN4O2. The van der Waals surface area contributed by atoms with Gasteiger partial charge >= 0.3 is 0 Å². The summed E-state index contributed by atoms with van der Waals surface area (Å²) in [6.07, 6.45) is 7.42. The molecule has 3 rings (SSSR count). The largest absolute Gasteiger partial charge is 0.343 e. The Hall–Kier alpha value is -2.31. The fourth-order valence-corrected chi connectivity index (χ4v) is 2.64. The van der Waals surface area contributed by atoms with Crippen molar-refractivity contribution >= 4 is 5.91 Å². The molecule has 1 aliphatic rings. The first-order valence-corrected chi connectivity index (χ1v) is 6.93. The highest BCUT2D eigenvalue weighted by Gasteiger charge is 2.30. The minimum Gasteiger partial charge on any atom is -0.343 e. The first-order valence-electron chi connectivity index (χ1n) is 6.93. The van der Waals surface area contributed by atoms with E-state index in [4.69, 9.17) is 4.52 Å². The lowest BCUT2D eigenvalue weighted by atomic mass is 10.1. The van der Waals surface area contributed by atoms with Crippen molar-refractivity contribution < 1.29 is 13.7 Å². The Morgan fingerprint density at radius 2 is 2.24 bits per heavy atom. The number of amides is 1. The van der Waals surface area contributed by atoms with Crippen LogP contribution in [0.25, 0.3) is 0 Å². The van der Waals surface area contributed by atoms with Crippen molar-refractivity contribution in [2.75, 3.05) is 6.54 Å². The Kier molecular flexibility index (Phi) is 3.89. The van der Waals surface area contributed by atoms with Crippen molar-refractivity contribution in [1.29, 1.82) is 0 Å². The number of carbonyl (C=O) groups is 1. The molecule has 0 aliphatic carbocycles. The second-order valence-electron chi connectivity index (χ2n) is 5.04. The van der Waals surface area contributed by atoms with E-state index >= 15 is 0 Å². The monoisotopic (exact) mass is 290 g/mol. The SMILES string of the molecule is O=C(c1cncc(F)c1)N1CCCCC[C@@H]1c1ncon1. The molecule has 2 aromatic rings. The van der Waals surface area contributed by atoms with Crippen molar-refractivity contribution in [2.45, 2.75) is 31.7 Å². The number of aromatic nitrogens is 3. The number of nitrogens with zero attached hydrogens (tertiary/aromatic N) is 4. The molecule has 0 bridgehead atoms. The first kappa shape index (κ1) is 13.7. The summed E-state index contributed by atoms with van der Waals surface area (Å²) >= 11 is 0. The fraction of sp³-hybridized carbons (Fsp3) is 0.429. The number of carbonyl (C=O) groups excluding carboxylic acids is 1. The van der Waals surface area contributed by atoms with Gasteiger partial charge in [0.25, 0.3) is 5.91 Å². The van der Waals surface area contributed by atoms with Crippen LogP contribution in [-0.2, 0) is 0 Å². The second-order valence-corrected chi connectivity index (χ2v) is 5.04. The highest BCUT2D eigenvalue weighted by Crippen LogP contribution is 2.29. The van der Waals surface area contributed by atoms with Gasteiger partial charge < -0.3 is 9.42 Å². The summed E-state index contributed by atoms with van der Waals surface area (Å²) in [7, 11) is 0. The molecule has 1 amide bonds. The molecule has 1 saturated heterocycles. The standard InChI is InChI=1S/C14H15FN4O2/c15-11-6-10(7-16-8-11)14(20)19-5-3-1-2-4-12(19)13-17-9-21-18-13/h6-9,12H,1-5H2/t12-/m1/s1. The summed E-state index contributed by atoms with van der Waals surface area (Å²) in [6, 6.07) is 0.968. The zero-order chi connectivity index (χ0) is 14.7. The lowest BCUT2D eigenvalue weighted by Crippen LogP contribution is -2.35. The maximum Gasteiger partial charge on any atom is 0.256 e. The number of pyridine rings is 1. The molecule has 7 heteroatoms. The summed E-state index contributed by atoms with van der Waals surface area (Å²) in [6.45, 7) is 0.592. The number of likely N-dealkylation sites (tertiary alicyclic amines) is 1. The second kappa shape index (κ2) is 5.99. The van der Waals surface area contributed by atoms with Gasteiger partial charge in [0.2, 0.25) is 6.39 Å². The highest BCUT2D eigenvalue weighted by atomic mass is 19.1. The molecule has 0 aromatic carbocycles. The maximum atomic E-state index is 13.3. The van der Waals surface area contributed by atoms with Gasteiger partial charge in [-0.3, -0.25) is 9.78 Å². The molecule has 0 spiro atoms. The zero-order valence-corrected chi connectivity index (χ0v) is 11.4. The molecule has 0 radical (unpaired) electrons. The van der Waals surface area contributed by atoms with Crippen molar-refractivity contribution in [1.82, 2.24) is 20.0 Å². The van der Waals surface area contributed by atoms with Crippen LogP contribution in [0.5, 0.6) is 0 Å². The van der Waals surface area contributed by atoms with Crippen LogP contribution in [0, 0.1) is 5.82 Å². The zero-order valence-electron chi connectivity index (χ0n) is 11.4. The minimum absolute atomic E-state index is 0.234. The van der Waals surface area contributed by atoms with Gasteiger partial charge in [0.15, 0.2) is 5.82 Å². The van der Waals surface area contributed by atoms with E-state index in [0.717, 1.165) is 31.9 Å². The smallest absolute Gasteiger partial charge is 0.256 e. The van der Waals surface area contributed by atoms with Gasteiger partial charge in [0, 0.05) is 12.7 Å². The minimum atomic E-state index is -0.521. The van der Waals surface area contributed by atoms with E-state index in [2.05, 4.69) is 15.1 Å². The third kappa shape index (κ3) is 2.91. The predicted octanol–water partition coefficient (Wildman–Crippen LogP) is 2.36. The van der Waals surface area contributed by atoms with Gasteiger partial charge in [-0.1, -0.05) is 18.0 Å². The van der Waals surface area contributed by atoms with Crippen molar-refractivity contribution in [3.63, 3.8) is 0 Å². The van der Waals surface area contributed by atoms with Gasteiger partial charge in [0.05, 0.1) is 17.8 Å². The molecule has 2 aromatic heterocycles. The Bertz CT molecular complexity index is 617. The fourth-order valence-electron chi connectivity index (χ4n) is 2.64. The molecular weight excluding hydrogens is 275 g/mol. The highest BCUT2D eigenvalue weighted by molar-refractivity contribution is 5.94. The molecule has 0 saturated carbocycles. The normalized spacial score (nSPS) is 19.3. The Balaban J connectivity index is 1.90. The van der Waals surface area contributed by atoms with E-state index < -0.39 is 5.82 Å². The maximum absolute atomic E-state index is 13.3. The topological polar surface area (TPSA) is 72.1 Å². The molecule has 1 fully saturated rings. The van der Waals surface area contributed by atoms with Gasteiger partial charge in [-0.05, 0) is 18.9 Å². The quantitative estimate of drug-likeness (QED) is 0.849. The lowest BCUT2D eigenvalue weighted by Gasteiger charge is -2.27. The number of halogens is 1. The van der Waals surface area contributed by atoms with Crippen LogP contribution >= 0.6 is 0 Å². The molecule has 21 heavy (non-hydrogen) atoms. The summed E-state index contributed by atoms with van der Waals surface area (Å²) < 4.78 is 18.1. The molecule has 1 aliphatic heterocycles. The van der Waals surface area contributed by atoms with Crippen LogP contribution in [0.2, 0.25) is 0 Å². The molecule has 0 N–H and O–H groups in total. The van der Waals surface area contributed by atoms with E-state index in [9.17, 15) is 9.18 Å². The molecule has 0 unspecified atom stereocenters. The van der Waals surface area contributed by atoms with E-state index in [1.165, 1.54) is 18.7 Å². The lowest BCUT2D eigenvalue weighted by molar-refractivity contribution is 0.0669. The van der Waals surface area contributed by atoms with Gasteiger partial charge in [-0.25, -0.2) is 4.39 Å². The average Bonchev–Trinajstić information content (AvgIpc) is 2.91. The van der Waals surface area contributed by atoms with E-state index in [-0.39, 0.29) is 17.5 Å². The van der Waals surface area contributed by atoms with Crippen molar-refractivity contribution in [3.8, 4) is 0 Å². The summed E-state index contributed by atoms with van der Waals surface area (Å²) in [5.41, 5.74) is 0.241. The summed E-state index contributed by atoms with van der Waals surface area (Å²) in [5.74, 6) is -0.278. The van der Waals surface area contributed by atoms with Crippen LogP contribution in [0.3, 0.4) is 0 Å². The van der Waals surface area contributed by atoms with E-state index in [1.54, 1.807) is 4.90 Å². The van der Waals surface area contributed by atoms with E-state index in [1.807, 2.05) is 0 Å². The number of hydrogen-bond acceptors (Lipinski definition) is 5. The summed E-state index contributed by atoms with van der Waals surface area (Å²) in [4.78, 5) is 22.1. The number of rotatable bonds is 2. The summed E-state index contributed by atoms with van der Waals surface area (Å²) in [5, 5.41) is 3.86. The molecule has 6 nitrogen and oxygen atoms in total. The van der Waals surface area contributed by atoms with Crippen LogP contribution in [0.4, 0.5) is 4.39 Å². The van der Waals surface area contributed by atoms with Gasteiger partial charge in [0.1, 0.15) is 5.82 Å².